The van der Waals surface area contributed by atoms with E-state index in [1.54, 1.807) is 7.11 Å². The minimum atomic E-state index is 0.540. The Kier molecular flexibility index (Phi) is 16.2. The maximum absolute atomic E-state index is 6.04. The molecule has 0 saturated heterocycles. The Morgan fingerprint density at radius 2 is 1.50 bits per heavy atom. The maximum Gasteiger partial charge on any atom is 0.161 e. The van der Waals surface area contributed by atoms with Gasteiger partial charge in [0.1, 0.15) is 6.61 Å². The summed E-state index contributed by atoms with van der Waals surface area (Å²) in [5.74, 6) is 1.57. The molecule has 4 heteroatoms. The first-order chi connectivity index (χ1) is 15.8. The highest BCUT2D eigenvalue weighted by Crippen LogP contribution is 2.28. The van der Waals surface area contributed by atoms with E-state index in [1.165, 1.54) is 50.8 Å². The van der Waals surface area contributed by atoms with Crippen molar-refractivity contribution < 1.29 is 9.47 Å². The molecule has 0 saturated carbocycles. The Morgan fingerprint density at radius 3 is 2.19 bits per heavy atom. The second-order valence-electron chi connectivity index (χ2n) is 7.84. The molecular weight excluding hydrogens is 396 g/mol. The molecule has 2 aromatic carbocycles. The van der Waals surface area contributed by atoms with Crippen LogP contribution in [0.2, 0.25) is 0 Å². The van der Waals surface area contributed by atoms with Gasteiger partial charge >= 0.3 is 0 Å². The summed E-state index contributed by atoms with van der Waals surface area (Å²) in [6, 6.07) is 16.4. The van der Waals surface area contributed by atoms with Crippen molar-refractivity contribution in [2.45, 2.75) is 73.0 Å². The largest absolute Gasteiger partial charge is 0.493 e. The fourth-order valence-electron chi connectivity index (χ4n) is 3.45. The molecule has 0 heterocycles. The Morgan fingerprint density at radius 1 is 0.781 bits per heavy atom. The van der Waals surface area contributed by atoms with Crippen LogP contribution >= 0.6 is 0 Å². The summed E-state index contributed by atoms with van der Waals surface area (Å²) in [7, 11) is 1.69. The van der Waals surface area contributed by atoms with E-state index in [1.807, 2.05) is 38.1 Å². The lowest BCUT2D eigenvalue weighted by atomic mass is 10.2. The highest BCUT2D eigenvalue weighted by Gasteiger charge is 2.07. The summed E-state index contributed by atoms with van der Waals surface area (Å²) in [6.07, 6.45) is 6.46. The summed E-state index contributed by atoms with van der Waals surface area (Å²) < 4.78 is 11.5. The van der Waals surface area contributed by atoms with Crippen LogP contribution in [0.15, 0.2) is 48.5 Å². The van der Waals surface area contributed by atoms with E-state index in [9.17, 15) is 0 Å². The van der Waals surface area contributed by atoms with E-state index in [2.05, 4.69) is 48.3 Å². The molecule has 0 spiro atoms. The molecule has 0 fully saturated rings. The molecule has 1 N–H and O–H groups in total. The number of methoxy groups -OCH3 is 1. The normalized spacial score (nSPS) is 10.6. The molecular formula is C28H46N2O2. The maximum atomic E-state index is 6.04. The van der Waals surface area contributed by atoms with Crippen LogP contribution in [0.4, 0.5) is 0 Å². The van der Waals surface area contributed by atoms with Crippen molar-refractivity contribution in [1.82, 2.24) is 10.2 Å². The molecule has 2 aromatic rings. The van der Waals surface area contributed by atoms with E-state index in [0.717, 1.165) is 36.7 Å². The second-order valence-corrected chi connectivity index (χ2v) is 7.84. The third-order valence-corrected chi connectivity index (χ3v) is 5.30. The van der Waals surface area contributed by atoms with E-state index in [-0.39, 0.29) is 0 Å². The second kappa shape index (κ2) is 18.5. The SMILES string of the molecule is CC.CCCCCN(CCCC)CCNCc1ccc(OC)c(OCc2ccccc2)c1. The number of nitrogens with zero attached hydrogens (tertiary/aromatic N) is 1. The molecule has 32 heavy (non-hydrogen) atoms. The Hall–Kier alpha value is -2.04. The van der Waals surface area contributed by atoms with Crippen LogP contribution < -0.4 is 14.8 Å². The third kappa shape index (κ3) is 11.5. The fraction of sp³-hybridized carbons (Fsp3) is 0.571. The molecule has 0 aliphatic rings. The molecule has 0 radical (unpaired) electrons. The van der Waals surface area contributed by atoms with Crippen LogP contribution in [0, 0.1) is 0 Å². The molecule has 2 rings (SSSR count). The van der Waals surface area contributed by atoms with Gasteiger partial charge in [0.15, 0.2) is 11.5 Å². The van der Waals surface area contributed by atoms with Crippen LogP contribution in [0.25, 0.3) is 0 Å². The van der Waals surface area contributed by atoms with Crippen LogP contribution in [0.5, 0.6) is 11.5 Å². The number of benzene rings is 2. The van der Waals surface area contributed by atoms with E-state index in [4.69, 9.17) is 9.47 Å². The van der Waals surface area contributed by atoms with Gasteiger partial charge in [-0.2, -0.15) is 0 Å². The van der Waals surface area contributed by atoms with Crippen molar-refractivity contribution in [1.29, 1.82) is 0 Å². The molecule has 0 aliphatic carbocycles. The lowest BCUT2D eigenvalue weighted by molar-refractivity contribution is 0.263. The van der Waals surface area contributed by atoms with Gasteiger partial charge in [-0.3, -0.25) is 0 Å². The highest BCUT2D eigenvalue weighted by molar-refractivity contribution is 5.43. The van der Waals surface area contributed by atoms with Gasteiger partial charge in [-0.25, -0.2) is 0 Å². The summed E-state index contributed by atoms with van der Waals surface area (Å²) in [5, 5.41) is 3.60. The zero-order chi connectivity index (χ0) is 23.4. The Bertz CT molecular complexity index is 691. The van der Waals surface area contributed by atoms with Crippen molar-refractivity contribution >= 4 is 0 Å². The minimum absolute atomic E-state index is 0.540. The topological polar surface area (TPSA) is 33.7 Å². The highest BCUT2D eigenvalue weighted by atomic mass is 16.5. The smallest absolute Gasteiger partial charge is 0.161 e. The van der Waals surface area contributed by atoms with Gasteiger partial charge < -0.3 is 19.7 Å². The Labute approximate surface area is 197 Å². The van der Waals surface area contributed by atoms with Crippen molar-refractivity contribution in [3.05, 3.63) is 59.7 Å². The molecule has 0 bridgehead atoms. The average molecular weight is 443 g/mol. The summed E-state index contributed by atoms with van der Waals surface area (Å²) >= 11 is 0. The molecule has 0 amide bonds. The van der Waals surface area contributed by atoms with E-state index >= 15 is 0 Å². The van der Waals surface area contributed by atoms with Gasteiger partial charge in [0.05, 0.1) is 7.11 Å². The molecule has 0 atom stereocenters. The quantitative estimate of drug-likeness (QED) is 0.294. The van der Waals surface area contributed by atoms with Gasteiger partial charge in [0.2, 0.25) is 0 Å². The molecule has 0 aromatic heterocycles. The van der Waals surface area contributed by atoms with Gasteiger partial charge in [-0.1, -0.05) is 83.4 Å². The summed E-state index contributed by atoms with van der Waals surface area (Å²) in [6.45, 7) is 14.4. The molecule has 4 nitrogen and oxygen atoms in total. The summed E-state index contributed by atoms with van der Waals surface area (Å²) in [4.78, 5) is 2.61. The van der Waals surface area contributed by atoms with Gasteiger partial charge in [0.25, 0.3) is 0 Å². The van der Waals surface area contributed by atoms with Crippen LogP contribution in [0.1, 0.15) is 70.9 Å². The monoisotopic (exact) mass is 442 g/mol. The van der Waals surface area contributed by atoms with Crippen molar-refractivity contribution in [3.8, 4) is 11.5 Å². The number of hydrogen-bond acceptors (Lipinski definition) is 4. The standard InChI is InChI=1S/C26H40N2O2.C2H6/c1-4-6-11-18-28(17-7-5-2)19-16-27-21-24-14-15-25(29-3)26(20-24)30-22-23-12-9-8-10-13-23;1-2/h8-10,12-15,20,27H,4-7,11,16-19,21-22H2,1-3H3;1-2H3. The molecule has 0 unspecified atom stereocenters. The van der Waals surface area contributed by atoms with Gasteiger partial charge in [0, 0.05) is 19.6 Å². The van der Waals surface area contributed by atoms with Crippen molar-refractivity contribution in [2.75, 3.05) is 33.3 Å². The van der Waals surface area contributed by atoms with E-state index in [0.29, 0.717) is 6.61 Å². The first-order valence-corrected chi connectivity index (χ1v) is 12.5. The van der Waals surface area contributed by atoms with Gasteiger partial charge in [-0.05, 0) is 49.2 Å². The Balaban J connectivity index is 0.00000249. The van der Waals surface area contributed by atoms with Gasteiger partial charge in [-0.15, -0.1) is 0 Å². The predicted octanol–water partition coefficient (Wildman–Crippen LogP) is 6.68. The van der Waals surface area contributed by atoms with Crippen molar-refractivity contribution in [3.63, 3.8) is 0 Å². The molecule has 180 valence electrons. The lowest BCUT2D eigenvalue weighted by Gasteiger charge is -2.22. The number of ether oxygens (including phenoxy) is 2. The lowest BCUT2D eigenvalue weighted by Crippen LogP contribution is -2.33. The number of hydrogen-bond donors (Lipinski definition) is 1. The van der Waals surface area contributed by atoms with Crippen LogP contribution in [0.3, 0.4) is 0 Å². The fourth-order valence-corrected chi connectivity index (χ4v) is 3.45. The minimum Gasteiger partial charge on any atom is -0.493 e. The van der Waals surface area contributed by atoms with E-state index < -0.39 is 0 Å². The number of rotatable bonds is 16. The van der Waals surface area contributed by atoms with Crippen LogP contribution in [-0.4, -0.2) is 38.2 Å². The predicted molar refractivity (Wildman–Crippen MR) is 138 cm³/mol. The number of nitrogens with one attached hydrogen (secondary N) is 1. The first-order valence-electron chi connectivity index (χ1n) is 12.5. The third-order valence-electron chi connectivity index (χ3n) is 5.30. The van der Waals surface area contributed by atoms with Crippen molar-refractivity contribution in [2.24, 2.45) is 0 Å². The van der Waals surface area contributed by atoms with Crippen LogP contribution in [-0.2, 0) is 13.2 Å². The first kappa shape index (κ1) is 28.0. The summed E-state index contributed by atoms with van der Waals surface area (Å²) in [5.41, 5.74) is 2.36. The number of unbranched alkanes of at least 4 members (excludes halogenated alkanes) is 3. The zero-order valence-corrected chi connectivity index (χ0v) is 21.2. The average Bonchev–Trinajstić information content (AvgIpc) is 2.85. The molecule has 0 aliphatic heterocycles. The zero-order valence-electron chi connectivity index (χ0n) is 21.2.